The third kappa shape index (κ3) is 5.02. The number of amides is 2. The van der Waals surface area contributed by atoms with Crippen LogP contribution in [-0.2, 0) is 14.3 Å². The van der Waals surface area contributed by atoms with Crippen molar-refractivity contribution in [2.75, 3.05) is 19.7 Å². The van der Waals surface area contributed by atoms with Gasteiger partial charge in [0.2, 0.25) is 5.91 Å². The van der Waals surface area contributed by atoms with Crippen molar-refractivity contribution >= 4 is 18.0 Å². The van der Waals surface area contributed by atoms with Crippen LogP contribution < -0.4 is 5.32 Å². The molecule has 2 amide bonds. The fourth-order valence-electron chi connectivity index (χ4n) is 4.88. The first kappa shape index (κ1) is 22.8. The van der Waals surface area contributed by atoms with Crippen LogP contribution in [0.25, 0.3) is 11.1 Å². The van der Waals surface area contributed by atoms with Crippen LogP contribution >= 0.6 is 0 Å². The number of hydrogen-bond donors (Lipinski definition) is 2. The summed E-state index contributed by atoms with van der Waals surface area (Å²) in [6, 6.07) is 16.4. The van der Waals surface area contributed by atoms with Gasteiger partial charge in [-0.1, -0.05) is 48.5 Å². The summed E-state index contributed by atoms with van der Waals surface area (Å²) in [6.45, 7) is 2.79. The van der Waals surface area contributed by atoms with Crippen LogP contribution in [0.15, 0.2) is 48.5 Å². The molecule has 1 aliphatic heterocycles. The van der Waals surface area contributed by atoms with Gasteiger partial charge in [0.25, 0.3) is 0 Å². The van der Waals surface area contributed by atoms with Crippen molar-refractivity contribution in [2.24, 2.45) is 5.92 Å². The molecule has 1 saturated heterocycles. The Labute approximate surface area is 193 Å². The van der Waals surface area contributed by atoms with Gasteiger partial charge in [-0.3, -0.25) is 9.59 Å². The molecule has 2 aliphatic rings. The van der Waals surface area contributed by atoms with E-state index in [9.17, 15) is 19.5 Å². The first-order valence-corrected chi connectivity index (χ1v) is 11.6. The molecule has 0 saturated carbocycles. The number of carbonyl (C=O) groups is 3. The number of piperidine rings is 1. The molecule has 7 nitrogen and oxygen atoms in total. The van der Waals surface area contributed by atoms with Crippen LogP contribution in [0.2, 0.25) is 0 Å². The van der Waals surface area contributed by atoms with Crippen molar-refractivity contribution in [3.8, 4) is 11.1 Å². The maximum atomic E-state index is 12.5. The minimum Gasteiger partial charge on any atom is -0.481 e. The Morgan fingerprint density at radius 3 is 2.30 bits per heavy atom. The van der Waals surface area contributed by atoms with Gasteiger partial charge in [-0.25, -0.2) is 4.79 Å². The second-order valence-corrected chi connectivity index (χ2v) is 8.86. The highest BCUT2D eigenvalue weighted by Gasteiger charge is 2.32. The lowest BCUT2D eigenvalue weighted by Gasteiger charge is -2.36. The van der Waals surface area contributed by atoms with Gasteiger partial charge in [0.1, 0.15) is 6.61 Å². The number of carboxylic acid groups (broad SMARTS) is 1. The topological polar surface area (TPSA) is 95.9 Å². The lowest BCUT2D eigenvalue weighted by atomic mass is 9.93. The SMILES string of the molecule is CC1CCC(C(=O)O)CN1C(=O)CCCNC(=O)OCC1c2ccccc2-c2ccccc21. The lowest BCUT2D eigenvalue weighted by Crippen LogP contribution is -2.47. The monoisotopic (exact) mass is 450 g/mol. The summed E-state index contributed by atoms with van der Waals surface area (Å²) in [5.41, 5.74) is 4.68. The second-order valence-electron chi connectivity index (χ2n) is 8.86. The first-order chi connectivity index (χ1) is 16.0. The molecule has 174 valence electrons. The molecule has 2 unspecified atom stereocenters. The normalized spacial score (nSPS) is 19.5. The molecule has 7 heteroatoms. The predicted octanol–water partition coefficient (Wildman–Crippen LogP) is 4.02. The van der Waals surface area contributed by atoms with Crippen molar-refractivity contribution in [1.82, 2.24) is 10.2 Å². The van der Waals surface area contributed by atoms with Crippen molar-refractivity contribution < 1.29 is 24.2 Å². The van der Waals surface area contributed by atoms with Crippen molar-refractivity contribution in [2.45, 2.75) is 44.6 Å². The number of carbonyl (C=O) groups excluding carboxylic acids is 2. The number of nitrogens with zero attached hydrogens (tertiary/aromatic N) is 1. The Hall–Kier alpha value is -3.35. The van der Waals surface area contributed by atoms with E-state index in [0.717, 1.165) is 11.1 Å². The molecule has 0 bridgehead atoms. The summed E-state index contributed by atoms with van der Waals surface area (Å²) in [5.74, 6) is -1.41. The fourth-order valence-corrected chi connectivity index (χ4v) is 4.88. The fraction of sp³-hybridized carbons (Fsp3) is 0.423. The number of rotatable bonds is 7. The highest BCUT2D eigenvalue weighted by Crippen LogP contribution is 2.44. The number of likely N-dealkylation sites (tertiary alicyclic amines) is 1. The van der Waals surface area contributed by atoms with Crippen LogP contribution in [0.5, 0.6) is 0 Å². The lowest BCUT2D eigenvalue weighted by molar-refractivity contribution is -0.147. The van der Waals surface area contributed by atoms with Crippen LogP contribution in [0.1, 0.15) is 49.7 Å². The minimum atomic E-state index is -0.850. The van der Waals surface area contributed by atoms with Gasteiger partial charge in [-0.2, -0.15) is 0 Å². The molecule has 1 aliphatic carbocycles. The van der Waals surface area contributed by atoms with Gasteiger partial charge in [-0.15, -0.1) is 0 Å². The zero-order valence-corrected chi connectivity index (χ0v) is 18.8. The molecule has 2 aromatic carbocycles. The number of alkyl carbamates (subject to hydrolysis) is 1. The summed E-state index contributed by atoms with van der Waals surface area (Å²) in [5, 5.41) is 12.0. The number of nitrogens with one attached hydrogen (secondary N) is 1. The van der Waals surface area contributed by atoms with Gasteiger partial charge in [0.05, 0.1) is 5.92 Å². The highest BCUT2D eigenvalue weighted by molar-refractivity contribution is 5.79. The molecule has 0 radical (unpaired) electrons. The van der Waals surface area contributed by atoms with Crippen LogP contribution in [-0.4, -0.2) is 53.7 Å². The quantitative estimate of drug-likeness (QED) is 0.621. The Bertz CT molecular complexity index is 991. The molecule has 4 rings (SSSR count). The highest BCUT2D eigenvalue weighted by atomic mass is 16.5. The smallest absolute Gasteiger partial charge is 0.407 e. The largest absolute Gasteiger partial charge is 0.481 e. The summed E-state index contributed by atoms with van der Waals surface area (Å²) < 4.78 is 5.51. The van der Waals surface area contributed by atoms with Crippen LogP contribution in [0.3, 0.4) is 0 Å². The molecule has 33 heavy (non-hydrogen) atoms. The van der Waals surface area contributed by atoms with E-state index in [-0.39, 0.29) is 37.4 Å². The predicted molar refractivity (Wildman–Crippen MR) is 124 cm³/mol. The maximum absolute atomic E-state index is 12.5. The number of fused-ring (bicyclic) bond motifs is 3. The van der Waals surface area contributed by atoms with Gasteiger partial charge < -0.3 is 20.1 Å². The maximum Gasteiger partial charge on any atom is 0.407 e. The average molecular weight is 451 g/mol. The van der Waals surface area contributed by atoms with Gasteiger partial charge in [-0.05, 0) is 48.4 Å². The van der Waals surface area contributed by atoms with Crippen LogP contribution in [0, 0.1) is 5.92 Å². The van der Waals surface area contributed by atoms with Crippen molar-refractivity contribution in [3.63, 3.8) is 0 Å². The number of carboxylic acids is 1. The number of benzene rings is 2. The van der Waals surface area contributed by atoms with Crippen molar-refractivity contribution in [3.05, 3.63) is 59.7 Å². The molecule has 0 aromatic heterocycles. The van der Waals surface area contributed by atoms with E-state index in [4.69, 9.17) is 4.74 Å². The first-order valence-electron chi connectivity index (χ1n) is 11.6. The zero-order valence-electron chi connectivity index (χ0n) is 18.8. The summed E-state index contributed by atoms with van der Waals surface area (Å²) in [4.78, 5) is 37.7. The number of aliphatic carboxylic acids is 1. The summed E-state index contributed by atoms with van der Waals surface area (Å²) in [6.07, 6.45) is 1.54. The van der Waals surface area contributed by atoms with E-state index >= 15 is 0 Å². The Morgan fingerprint density at radius 1 is 1.03 bits per heavy atom. The Morgan fingerprint density at radius 2 is 1.67 bits per heavy atom. The van der Waals surface area contributed by atoms with Crippen molar-refractivity contribution in [1.29, 1.82) is 0 Å². The molecule has 0 spiro atoms. The van der Waals surface area contributed by atoms with Gasteiger partial charge in [0, 0.05) is 31.5 Å². The standard InChI is InChI=1S/C26H30N2O5/c1-17-12-13-18(25(30)31)15-28(17)24(29)11-6-14-27-26(32)33-16-23-21-9-4-2-7-19(21)20-8-3-5-10-22(20)23/h2-5,7-10,17-18,23H,6,11-16H2,1H3,(H,27,32)(H,30,31). The molecule has 2 atom stereocenters. The van der Waals surface area contributed by atoms with Gasteiger partial charge in [0.15, 0.2) is 0 Å². The van der Waals surface area contributed by atoms with E-state index in [1.807, 2.05) is 31.2 Å². The van der Waals surface area contributed by atoms with Gasteiger partial charge >= 0.3 is 12.1 Å². The molecular weight excluding hydrogens is 420 g/mol. The minimum absolute atomic E-state index is 0.00694. The van der Waals surface area contributed by atoms with E-state index in [0.29, 0.717) is 25.8 Å². The van der Waals surface area contributed by atoms with E-state index in [1.54, 1.807) is 4.90 Å². The van der Waals surface area contributed by atoms with E-state index < -0.39 is 18.0 Å². The van der Waals surface area contributed by atoms with Crippen LogP contribution in [0.4, 0.5) is 4.79 Å². The zero-order chi connectivity index (χ0) is 23.4. The molecule has 1 heterocycles. The summed E-state index contributed by atoms with van der Waals surface area (Å²) >= 11 is 0. The number of hydrogen-bond acceptors (Lipinski definition) is 4. The Kier molecular flexibility index (Phi) is 6.96. The molecule has 2 N–H and O–H groups in total. The number of ether oxygens (including phenoxy) is 1. The third-order valence-electron chi connectivity index (χ3n) is 6.73. The molecule has 1 fully saturated rings. The Balaban J connectivity index is 1.22. The third-order valence-corrected chi connectivity index (χ3v) is 6.73. The average Bonchev–Trinajstić information content (AvgIpc) is 3.14. The van der Waals surface area contributed by atoms with E-state index in [1.165, 1.54) is 11.1 Å². The molecular formula is C26H30N2O5. The molecule has 2 aromatic rings. The summed E-state index contributed by atoms with van der Waals surface area (Å²) in [7, 11) is 0. The second kappa shape index (κ2) is 10.1. The van der Waals surface area contributed by atoms with E-state index in [2.05, 4.69) is 29.6 Å².